The van der Waals surface area contributed by atoms with E-state index in [9.17, 15) is 19.8 Å². The maximum absolute atomic E-state index is 12.5. The van der Waals surface area contributed by atoms with Crippen molar-refractivity contribution in [3.8, 4) is 0 Å². The standard InChI is InChI=1S/C60H113NO5/c1-3-5-7-9-11-13-15-17-25-29-32-36-40-44-48-52-58(63)57(56-62)61-59(64)53-49-45-41-37-33-30-26-23-21-19-18-20-22-24-27-31-35-39-43-47-51-55-66-60(65)54-50-46-42-38-34-28-16-14-12-10-8-6-4-2/h8,10,14,16,19,21,57-58,62-63H,3-7,9,11-13,15,17-18,20,22-56H2,1-2H3,(H,61,64)/b10-8-,16-14-,21-19-. The van der Waals surface area contributed by atoms with Gasteiger partial charge in [0.2, 0.25) is 5.91 Å². The lowest BCUT2D eigenvalue weighted by Gasteiger charge is -2.22. The smallest absolute Gasteiger partial charge is 0.305 e. The first-order chi connectivity index (χ1) is 32.5. The molecule has 3 N–H and O–H groups in total. The van der Waals surface area contributed by atoms with Crippen molar-refractivity contribution in [2.45, 2.75) is 321 Å². The van der Waals surface area contributed by atoms with Gasteiger partial charge in [0, 0.05) is 12.8 Å². The minimum atomic E-state index is -0.669. The Morgan fingerprint density at radius 2 is 0.788 bits per heavy atom. The zero-order chi connectivity index (χ0) is 47.9. The Labute approximate surface area is 411 Å². The fourth-order valence-corrected chi connectivity index (χ4v) is 8.91. The number of hydrogen-bond acceptors (Lipinski definition) is 5. The molecule has 2 atom stereocenters. The van der Waals surface area contributed by atoms with E-state index in [1.54, 1.807) is 0 Å². The van der Waals surface area contributed by atoms with E-state index in [0.29, 0.717) is 25.9 Å². The number of carbonyl (C=O) groups excluding carboxylic acids is 2. The number of unbranched alkanes of at least 4 members (excludes halogenated alkanes) is 37. The first-order valence-electron chi connectivity index (χ1n) is 29.2. The van der Waals surface area contributed by atoms with Gasteiger partial charge in [-0.25, -0.2) is 0 Å². The number of allylic oxidation sites excluding steroid dienone is 6. The highest BCUT2D eigenvalue weighted by Gasteiger charge is 2.20. The second-order valence-corrected chi connectivity index (χ2v) is 20.0. The second kappa shape index (κ2) is 55.7. The molecule has 0 saturated carbocycles. The minimum Gasteiger partial charge on any atom is -0.466 e. The lowest BCUT2D eigenvalue weighted by molar-refractivity contribution is -0.143. The number of aliphatic hydroxyl groups excluding tert-OH is 2. The fourth-order valence-electron chi connectivity index (χ4n) is 8.91. The summed E-state index contributed by atoms with van der Waals surface area (Å²) in [6.07, 6.45) is 68.5. The number of aliphatic hydroxyl groups is 2. The van der Waals surface area contributed by atoms with Crippen LogP contribution in [0, 0.1) is 0 Å². The Balaban J connectivity index is 3.43. The number of rotatable bonds is 54. The van der Waals surface area contributed by atoms with Crippen LogP contribution in [0.4, 0.5) is 0 Å². The van der Waals surface area contributed by atoms with Crippen LogP contribution in [-0.4, -0.2) is 47.4 Å². The first kappa shape index (κ1) is 64.1. The van der Waals surface area contributed by atoms with Crippen LogP contribution < -0.4 is 5.32 Å². The van der Waals surface area contributed by atoms with Crippen LogP contribution in [0.25, 0.3) is 0 Å². The largest absolute Gasteiger partial charge is 0.466 e. The number of nitrogens with one attached hydrogen (secondary N) is 1. The summed E-state index contributed by atoms with van der Waals surface area (Å²) in [7, 11) is 0. The summed E-state index contributed by atoms with van der Waals surface area (Å²) in [5.74, 6) is -0.0494. The molecule has 0 aromatic heterocycles. The summed E-state index contributed by atoms with van der Waals surface area (Å²) in [5, 5.41) is 23.3. The predicted molar refractivity (Wildman–Crippen MR) is 287 cm³/mol. The van der Waals surface area contributed by atoms with Gasteiger partial charge < -0.3 is 20.3 Å². The first-order valence-corrected chi connectivity index (χ1v) is 29.2. The summed E-state index contributed by atoms with van der Waals surface area (Å²) in [6.45, 7) is 4.88. The molecule has 0 spiro atoms. The van der Waals surface area contributed by atoms with Gasteiger partial charge in [-0.15, -0.1) is 0 Å². The second-order valence-electron chi connectivity index (χ2n) is 20.0. The minimum absolute atomic E-state index is 0.00729. The van der Waals surface area contributed by atoms with E-state index in [2.05, 4.69) is 55.6 Å². The van der Waals surface area contributed by atoms with Crippen LogP contribution in [0.15, 0.2) is 36.5 Å². The average Bonchev–Trinajstić information content (AvgIpc) is 3.32. The third-order valence-corrected chi connectivity index (χ3v) is 13.4. The molecule has 0 aliphatic rings. The van der Waals surface area contributed by atoms with Crippen molar-refractivity contribution in [2.75, 3.05) is 13.2 Å². The number of amides is 1. The molecule has 6 nitrogen and oxygen atoms in total. The lowest BCUT2D eigenvalue weighted by atomic mass is 10.0. The SMILES string of the molecule is CCC/C=C\C/C=C\CCCCCCCC(=O)OCCCCCCCCCCCC/C=C\CCCCCCCCCC(=O)NC(CO)C(O)CCCCCCCCCCCCCCCCC. The van der Waals surface area contributed by atoms with Crippen LogP contribution in [0.1, 0.15) is 309 Å². The average molecular weight is 929 g/mol. The van der Waals surface area contributed by atoms with Crippen LogP contribution in [0.2, 0.25) is 0 Å². The van der Waals surface area contributed by atoms with Gasteiger partial charge in [0.05, 0.1) is 25.4 Å². The molecule has 2 unspecified atom stereocenters. The van der Waals surface area contributed by atoms with E-state index in [1.807, 2.05) is 0 Å². The van der Waals surface area contributed by atoms with Gasteiger partial charge in [-0.1, -0.05) is 256 Å². The van der Waals surface area contributed by atoms with E-state index in [0.717, 1.165) is 51.4 Å². The van der Waals surface area contributed by atoms with Crippen LogP contribution >= 0.6 is 0 Å². The molecule has 0 bridgehead atoms. The monoisotopic (exact) mass is 928 g/mol. The van der Waals surface area contributed by atoms with E-state index in [1.165, 1.54) is 225 Å². The molecule has 0 radical (unpaired) electrons. The molecule has 0 aliphatic carbocycles. The number of esters is 1. The van der Waals surface area contributed by atoms with Crippen molar-refractivity contribution < 1.29 is 24.5 Å². The highest BCUT2D eigenvalue weighted by atomic mass is 16.5. The van der Waals surface area contributed by atoms with Crippen LogP contribution in [0.5, 0.6) is 0 Å². The van der Waals surface area contributed by atoms with E-state index < -0.39 is 12.1 Å². The molecule has 66 heavy (non-hydrogen) atoms. The topological polar surface area (TPSA) is 95.9 Å². The number of ether oxygens (including phenoxy) is 1. The highest BCUT2D eigenvalue weighted by molar-refractivity contribution is 5.76. The molecule has 0 saturated heterocycles. The van der Waals surface area contributed by atoms with Crippen molar-refractivity contribution in [1.29, 1.82) is 0 Å². The Morgan fingerprint density at radius 3 is 1.23 bits per heavy atom. The fraction of sp³-hybridized carbons (Fsp3) is 0.867. The molecular formula is C60H113NO5. The van der Waals surface area contributed by atoms with Crippen molar-refractivity contribution >= 4 is 11.9 Å². The molecule has 6 heteroatoms. The maximum atomic E-state index is 12.5. The van der Waals surface area contributed by atoms with Crippen molar-refractivity contribution in [1.82, 2.24) is 5.32 Å². The van der Waals surface area contributed by atoms with Gasteiger partial charge in [0.1, 0.15) is 0 Å². The Hall–Kier alpha value is -1.92. The van der Waals surface area contributed by atoms with Gasteiger partial charge in [-0.2, -0.15) is 0 Å². The normalized spacial score (nSPS) is 12.8. The Kier molecular flexibility index (Phi) is 54.1. The van der Waals surface area contributed by atoms with Gasteiger partial charge in [-0.05, 0) is 77.0 Å². The molecular weight excluding hydrogens is 815 g/mol. The predicted octanol–water partition coefficient (Wildman–Crippen LogP) is 18.0. The maximum Gasteiger partial charge on any atom is 0.305 e. The third-order valence-electron chi connectivity index (χ3n) is 13.4. The third kappa shape index (κ3) is 51.5. The molecule has 388 valence electrons. The molecule has 0 aliphatic heterocycles. The summed E-state index contributed by atoms with van der Waals surface area (Å²) < 4.78 is 5.46. The molecule has 1 amide bonds. The molecule has 0 heterocycles. The van der Waals surface area contributed by atoms with Crippen LogP contribution in [0.3, 0.4) is 0 Å². The van der Waals surface area contributed by atoms with E-state index >= 15 is 0 Å². The lowest BCUT2D eigenvalue weighted by Crippen LogP contribution is -2.45. The summed E-state index contributed by atoms with van der Waals surface area (Å²) in [6, 6.07) is -0.547. The summed E-state index contributed by atoms with van der Waals surface area (Å²) >= 11 is 0. The van der Waals surface area contributed by atoms with Crippen molar-refractivity contribution in [3.63, 3.8) is 0 Å². The number of carbonyl (C=O) groups is 2. The van der Waals surface area contributed by atoms with Gasteiger partial charge in [-0.3, -0.25) is 9.59 Å². The van der Waals surface area contributed by atoms with Crippen molar-refractivity contribution in [2.24, 2.45) is 0 Å². The zero-order valence-corrected chi connectivity index (χ0v) is 44.2. The van der Waals surface area contributed by atoms with E-state index in [-0.39, 0.29) is 18.5 Å². The van der Waals surface area contributed by atoms with Crippen LogP contribution in [-0.2, 0) is 14.3 Å². The molecule has 0 aromatic rings. The molecule has 0 rings (SSSR count). The molecule has 0 fully saturated rings. The highest BCUT2D eigenvalue weighted by Crippen LogP contribution is 2.17. The van der Waals surface area contributed by atoms with Crippen molar-refractivity contribution in [3.05, 3.63) is 36.5 Å². The van der Waals surface area contributed by atoms with Gasteiger partial charge in [0.15, 0.2) is 0 Å². The molecule has 0 aromatic carbocycles. The van der Waals surface area contributed by atoms with E-state index in [4.69, 9.17) is 4.74 Å². The zero-order valence-electron chi connectivity index (χ0n) is 44.2. The Bertz CT molecular complexity index is 1070. The van der Waals surface area contributed by atoms with Gasteiger partial charge in [0.25, 0.3) is 0 Å². The van der Waals surface area contributed by atoms with Gasteiger partial charge >= 0.3 is 5.97 Å². The quantitative estimate of drug-likeness (QED) is 0.0321. The summed E-state index contributed by atoms with van der Waals surface area (Å²) in [5.41, 5.74) is 0. The number of hydrogen-bond donors (Lipinski definition) is 3. The summed E-state index contributed by atoms with van der Waals surface area (Å²) in [4.78, 5) is 24.5. The Morgan fingerprint density at radius 1 is 0.424 bits per heavy atom.